The minimum absolute atomic E-state index is 0.00920. The summed E-state index contributed by atoms with van der Waals surface area (Å²) in [7, 11) is 1.69. The number of hydrogen-bond donors (Lipinski definition) is 0. The van der Waals surface area contributed by atoms with Crippen LogP contribution >= 0.6 is 0 Å². The molecule has 0 N–H and O–H groups in total. The topological polar surface area (TPSA) is 36.9 Å². The summed E-state index contributed by atoms with van der Waals surface area (Å²) in [5, 5.41) is 0. The van der Waals surface area contributed by atoms with Gasteiger partial charge in [-0.05, 0) is 48.6 Å². The molecule has 0 aromatic heterocycles. The Balaban J connectivity index is 1.43. The van der Waals surface area contributed by atoms with Crippen molar-refractivity contribution in [1.82, 2.24) is 0 Å². The van der Waals surface area contributed by atoms with Gasteiger partial charge >= 0.3 is 0 Å². The van der Waals surface area contributed by atoms with E-state index in [0.29, 0.717) is 0 Å². The SMILES string of the molecule is CCCCO[C@@H]1CC(Oc2ccccc2Cc2ccc(OC)cc2)OC2(CC2)C1. The first-order valence-electron chi connectivity index (χ1n) is 10.9. The van der Waals surface area contributed by atoms with Crippen LogP contribution in [0.5, 0.6) is 11.5 Å². The molecule has 2 fully saturated rings. The van der Waals surface area contributed by atoms with E-state index in [0.717, 1.165) is 63.1 Å². The van der Waals surface area contributed by atoms with Crippen molar-refractivity contribution in [3.05, 3.63) is 59.7 Å². The highest BCUT2D eigenvalue weighted by Gasteiger charge is 2.51. The fourth-order valence-electron chi connectivity index (χ4n) is 4.01. The summed E-state index contributed by atoms with van der Waals surface area (Å²) in [4.78, 5) is 0. The zero-order valence-electron chi connectivity index (χ0n) is 17.6. The first kappa shape index (κ1) is 20.2. The average molecular weight is 397 g/mol. The highest BCUT2D eigenvalue weighted by atomic mass is 16.7. The van der Waals surface area contributed by atoms with Gasteiger partial charge in [0, 0.05) is 25.9 Å². The number of para-hydroxylation sites is 1. The first-order chi connectivity index (χ1) is 14.2. The molecule has 1 heterocycles. The minimum atomic E-state index is -0.241. The fourth-order valence-corrected chi connectivity index (χ4v) is 4.01. The Labute approximate surface area is 174 Å². The van der Waals surface area contributed by atoms with Crippen LogP contribution in [0.15, 0.2) is 48.5 Å². The summed E-state index contributed by atoms with van der Waals surface area (Å²) >= 11 is 0. The Hall–Kier alpha value is -2.04. The lowest BCUT2D eigenvalue weighted by Crippen LogP contribution is -2.41. The van der Waals surface area contributed by atoms with Gasteiger partial charge in [-0.2, -0.15) is 0 Å². The summed E-state index contributed by atoms with van der Waals surface area (Å²) in [6.45, 7) is 3.03. The van der Waals surface area contributed by atoms with Crippen molar-refractivity contribution >= 4 is 0 Å². The van der Waals surface area contributed by atoms with Gasteiger partial charge in [0.2, 0.25) is 6.29 Å². The highest BCUT2D eigenvalue weighted by molar-refractivity contribution is 5.39. The monoisotopic (exact) mass is 396 g/mol. The van der Waals surface area contributed by atoms with Gasteiger partial charge in [0.25, 0.3) is 0 Å². The summed E-state index contributed by atoms with van der Waals surface area (Å²) in [5.74, 6) is 1.77. The zero-order chi connectivity index (χ0) is 20.1. The van der Waals surface area contributed by atoms with Crippen molar-refractivity contribution in [3.8, 4) is 11.5 Å². The average Bonchev–Trinajstić information content (AvgIpc) is 3.48. The molecule has 1 spiro atoms. The molecule has 4 heteroatoms. The normalized spacial score (nSPS) is 22.4. The predicted molar refractivity (Wildman–Crippen MR) is 114 cm³/mol. The van der Waals surface area contributed by atoms with Gasteiger partial charge in [-0.15, -0.1) is 0 Å². The second-order valence-corrected chi connectivity index (χ2v) is 8.27. The Morgan fingerprint density at radius 2 is 1.86 bits per heavy atom. The molecule has 1 unspecified atom stereocenters. The molecule has 1 saturated carbocycles. The molecule has 1 saturated heterocycles. The molecule has 2 aromatic rings. The van der Waals surface area contributed by atoms with Crippen LogP contribution in [0.1, 0.15) is 56.6 Å². The summed E-state index contributed by atoms with van der Waals surface area (Å²) in [6.07, 6.45) is 7.11. The molecular weight excluding hydrogens is 364 g/mol. The quantitative estimate of drug-likeness (QED) is 0.523. The number of rotatable bonds is 9. The maximum absolute atomic E-state index is 6.39. The smallest absolute Gasteiger partial charge is 0.202 e. The molecule has 4 nitrogen and oxygen atoms in total. The Bertz CT molecular complexity index is 782. The van der Waals surface area contributed by atoms with Crippen molar-refractivity contribution in [1.29, 1.82) is 0 Å². The van der Waals surface area contributed by atoms with Crippen LogP contribution in [-0.4, -0.2) is 31.7 Å². The van der Waals surface area contributed by atoms with Crippen LogP contribution in [-0.2, 0) is 15.9 Å². The Morgan fingerprint density at radius 3 is 2.59 bits per heavy atom. The van der Waals surface area contributed by atoms with E-state index in [1.165, 1.54) is 11.1 Å². The number of methoxy groups -OCH3 is 1. The molecule has 2 aromatic carbocycles. The van der Waals surface area contributed by atoms with Gasteiger partial charge in [-0.3, -0.25) is 0 Å². The Morgan fingerprint density at radius 1 is 1.07 bits per heavy atom. The van der Waals surface area contributed by atoms with Gasteiger partial charge in [0.15, 0.2) is 0 Å². The van der Waals surface area contributed by atoms with Crippen molar-refractivity contribution in [2.24, 2.45) is 0 Å². The first-order valence-corrected chi connectivity index (χ1v) is 10.9. The van der Waals surface area contributed by atoms with Crippen LogP contribution in [0.25, 0.3) is 0 Å². The van der Waals surface area contributed by atoms with Crippen LogP contribution in [0.2, 0.25) is 0 Å². The largest absolute Gasteiger partial charge is 0.497 e. The molecule has 0 radical (unpaired) electrons. The molecular formula is C25H32O4. The maximum atomic E-state index is 6.39. The molecule has 1 aliphatic heterocycles. The Kier molecular flexibility index (Phi) is 6.41. The van der Waals surface area contributed by atoms with Crippen LogP contribution in [0, 0.1) is 0 Å². The van der Waals surface area contributed by atoms with E-state index in [9.17, 15) is 0 Å². The second-order valence-electron chi connectivity index (χ2n) is 8.27. The molecule has 0 bridgehead atoms. The van der Waals surface area contributed by atoms with Gasteiger partial charge < -0.3 is 18.9 Å². The van der Waals surface area contributed by atoms with Gasteiger partial charge in [-0.25, -0.2) is 0 Å². The van der Waals surface area contributed by atoms with Gasteiger partial charge in [0.1, 0.15) is 11.5 Å². The lowest BCUT2D eigenvalue weighted by Gasteiger charge is -2.36. The number of benzene rings is 2. The van der Waals surface area contributed by atoms with Crippen LogP contribution in [0.4, 0.5) is 0 Å². The van der Waals surface area contributed by atoms with E-state index in [2.05, 4.69) is 31.2 Å². The van der Waals surface area contributed by atoms with Crippen LogP contribution in [0.3, 0.4) is 0 Å². The van der Waals surface area contributed by atoms with Gasteiger partial charge in [-0.1, -0.05) is 43.7 Å². The third-order valence-corrected chi connectivity index (χ3v) is 5.88. The summed E-state index contributed by atoms with van der Waals surface area (Å²) < 4.78 is 24.1. The third kappa shape index (κ3) is 5.31. The second kappa shape index (κ2) is 9.19. The number of unbranched alkanes of at least 4 members (excludes halogenated alkanes) is 1. The zero-order valence-corrected chi connectivity index (χ0v) is 17.6. The third-order valence-electron chi connectivity index (χ3n) is 5.88. The van der Waals surface area contributed by atoms with Crippen molar-refractivity contribution in [2.75, 3.05) is 13.7 Å². The van der Waals surface area contributed by atoms with Crippen molar-refractivity contribution in [2.45, 2.75) is 69.9 Å². The highest BCUT2D eigenvalue weighted by Crippen LogP contribution is 2.49. The predicted octanol–water partition coefficient (Wildman–Crippen LogP) is 5.52. The molecule has 156 valence electrons. The number of hydrogen-bond acceptors (Lipinski definition) is 4. The molecule has 1 aliphatic carbocycles. The van der Waals surface area contributed by atoms with Crippen molar-refractivity contribution in [3.63, 3.8) is 0 Å². The van der Waals surface area contributed by atoms with Gasteiger partial charge in [0.05, 0.1) is 18.8 Å². The molecule has 4 rings (SSSR count). The molecule has 2 atom stereocenters. The minimum Gasteiger partial charge on any atom is -0.497 e. The lowest BCUT2D eigenvalue weighted by molar-refractivity contribution is -0.196. The van der Waals surface area contributed by atoms with Crippen LogP contribution < -0.4 is 9.47 Å². The fraction of sp³-hybridized carbons (Fsp3) is 0.520. The summed E-state index contributed by atoms with van der Waals surface area (Å²) in [6, 6.07) is 16.5. The molecule has 0 amide bonds. The van der Waals surface area contributed by atoms with E-state index in [1.807, 2.05) is 24.3 Å². The lowest BCUT2D eigenvalue weighted by atomic mass is 10.0. The summed E-state index contributed by atoms with van der Waals surface area (Å²) in [5.41, 5.74) is 2.39. The van der Waals surface area contributed by atoms with E-state index in [1.54, 1.807) is 7.11 Å². The number of ether oxygens (including phenoxy) is 4. The molecule has 29 heavy (non-hydrogen) atoms. The van der Waals surface area contributed by atoms with E-state index < -0.39 is 0 Å². The van der Waals surface area contributed by atoms with Crippen molar-refractivity contribution < 1.29 is 18.9 Å². The van der Waals surface area contributed by atoms with E-state index in [4.69, 9.17) is 18.9 Å². The van der Waals surface area contributed by atoms with E-state index in [-0.39, 0.29) is 18.0 Å². The molecule has 2 aliphatic rings. The standard InChI is InChI=1S/C25H32O4/c1-3-4-15-27-22-17-24(29-25(18-22)13-14-25)28-23-8-6-5-7-20(23)16-19-9-11-21(26-2)12-10-19/h5-12,22,24H,3-4,13-18H2,1-2H3/t22-,24?/m1/s1. The van der Waals surface area contributed by atoms with E-state index >= 15 is 0 Å². The maximum Gasteiger partial charge on any atom is 0.202 e.